The minimum absolute atomic E-state index is 0.517. The van der Waals surface area contributed by atoms with Crippen molar-refractivity contribution in [2.45, 2.75) is 19.9 Å². The Hall–Kier alpha value is -2.69. The monoisotopic (exact) mass is 280 g/mol. The molecule has 0 saturated carbocycles. The van der Waals surface area contributed by atoms with E-state index in [9.17, 15) is 0 Å². The second-order valence-corrected chi connectivity index (χ2v) is 4.86. The van der Waals surface area contributed by atoms with E-state index in [1.165, 1.54) is 5.56 Å². The van der Waals surface area contributed by atoms with Gasteiger partial charge < -0.3 is 9.84 Å². The zero-order chi connectivity index (χ0) is 14.5. The van der Waals surface area contributed by atoms with Gasteiger partial charge in [-0.1, -0.05) is 28.9 Å². The number of hydrogen-bond acceptors (Lipinski definition) is 5. The predicted molar refractivity (Wildman–Crippen MR) is 79.8 cm³/mol. The van der Waals surface area contributed by atoms with Crippen LogP contribution in [0.3, 0.4) is 0 Å². The smallest absolute Gasteiger partial charge is 0.245 e. The molecule has 2 heterocycles. The van der Waals surface area contributed by atoms with Crippen LogP contribution in [0, 0.1) is 6.92 Å². The number of pyridine rings is 1. The van der Waals surface area contributed by atoms with Crippen LogP contribution in [-0.4, -0.2) is 15.1 Å². The minimum atomic E-state index is 0.517. The topological polar surface area (TPSA) is 63.8 Å². The first-order valence-electron chi connectivity index (χ1n) is 6.80. The van der Waals surface area contributed by atoms with Crippen LogP contribution in [0.1, 0.15) is 22.8 Å². The third-order valence-corrected chi connectivity index (χ3v) is 3.09. The van der Waals surface area contributed by atoms with Gasteiger partial charge in [-0.25, -0.2) is 0 Å². The Morgan fingerprint density at radius 1 is 1.14 bits per heavy atom. The summed E-state index contributed by atoms with van der Waals surface area (Å²) in [6, 6.07) is 12.1. The van der Waals surface area contributed by atoms with Crippen LogP contribution in [0.4, 0.5) is 5.69 Å². The summed E-state index contributed by atoms with van der Waals surface area (Å²) in [4.78, 5) is 8.44. The lowest BCUT2D eigenvalue weighted by Crippen LogP contribution is -2.00. The van der Waals surface area contributed by atoms with Crippen LogP contribution in [0.25, 0.3) is 0 Å². The summed E-state index contributed by atoms with van der Waals surface area (Å²) in [6.07, 6.45) is 4.18. The first-order valence-corrected chi connectivity index (χ1v) is 6.80. The first-order chi connectivity index (χ1) is 10.3. The van der Waals surface area contributed by atoms with E-state index in [1.54, 1.807) is 12.4 Å². The summed E-state index contributed by atoms with van der Waals surface area (Å²) in [5.41, 5.74) is 3.33. The van der Waals surface area contributed by atoms with Gasteiger partial charge in [-0.3, -0.25) is 4.98 Å². The number of nitrogens with one attached hydrogen (secondary N) is 1. The van der Waals surface area contributed by atoms with E-state index in [2.05, 4.69) is 39.5 Å². The van der Waals surface area contributed by atoms with Crippen LogP contribution in [0.2, 0.25) is 0 Å². The molecule has 0 spiro atoms. The third kappa shape index (κ3) is 3.66. The summed E-state index contributed by atoms with van der Waals surface area (Å²) in [5, 5.41) is 7.24. The van der Waals surface area contributed by atoms with E-state index < -0.39 is 0 Å². The lowest BCUT2D eigenvalue weighted by molar-refractivity contribution is 0.378. The molecule has 21 heavy (non-hydrogen) atoms. The molecule has 2 aromatic heterocycles. The van der Waals surface area contributed by atoms with Gasteiger partial charge in [0, 0.05) is 24.5 Å². The molecule has 3 aromatic rings. The van der Waals surface area contributed by atoms with E-state index in [1.807, 2.05) is 24.3 Å². The van der Waals surface area contributed by atoms with E-state index in [-0.39, 0.29) is 0 Å². The molecule has 1 N–H and O–H groups in total. The van der Waals surface area contributed by atoms with Crippen LogP contribution in [0.15, 0.2) is 53.3 Å². The summed E-state index contributed by atoms with van der Waals surface area (Å²) >= 11 is 0. The van der Waals surface area contributed by atoms with Gasteiger partial charge >= 0.3 is 0 Å². The first kappa shape index (κ1) is 13.3. The summed E-state index contributed by atoms with van der Waals surface area (Å²) < 4.78 is 5.24. The van der Waals surface area contributed by atoms with Crippen molar-refractivity contribution in [3.63, 3.8) is 0 Å². The molecular formula is C16H16N4O. The standard InChI is InChI=1S/C16H16N4O/c1-12-4-6-14(7-5-12)18-11-16-19-15(20-21-16)9-13-3-2-8-17-10-13/h2-8,10,18H,9,11H2,1H3. The van der Waals surface area contributed by atoms with Gasteiger partial charge in [-0.2, -0.15) is 4.98 Å². The lowest BCUT2D eigenvalue weighted by atomic mass is 10.2. The Morgan fingerprint density at radius 2 is 2.00 bits per heavy atom. The number of nitrogens with zero attached hydrogens (tertiary/aromatic N) is 3. The van der Waals surface area contributed by atoms with Crippen molar-refractivity contribution in [1.29, 1.82) is 0 Å². The molecule has 3 rings (SSSR count). The summed E-state index contributed by atoms with van der Waals surface area (Å²) in [5.74, 6) is 1.25. The quantitative estimate of drug-likeness (QED) is 0.778. The van der Waals surface area contributed by atoms with Crippen LogP contribution < -0.4 is 5.32 Å². The Bertz CT molecular complexity index is 692. The van der Waals surface area contributed by atoms with Gasteiger partial charge in [-0.15, -0.1) is 0 Å². The van der Waals surface area contributed by atoms with Crippen LogP contribution in [0.5, 0.6) is 0 Å². The summed E-state index contributed by atoms with van der Waals surface area (Å²) in [6.45, 7) is 2.58. The molecule has 0 fully saturated rings. The minimum Gasteiger partial charge on any atom is -0.376 e. The highest BCUT2D eigenvalue weighted by Crippen LogP contribution is 2.11. The Balaban J connectivity index is 1.59. The number of hydrogen-bond donors (Lipinski definition) is 1. The number of anilines is 1. The highest BCUT2D eigenvalue weighted by atomic mass is 16.5. The van der Waals surface area contributed by atoms with Gasteiger partial charge in [0.25, 0.3) is 0 Å². The van der Waals surface area contributed by atoms with Crippen molar-refractivity contribution >= 4 is 5.69 Å². The zero-order valence-electron chi connectivity index (χ0n) is 11.8. The van der Waals surface area contributed by atoms with Crippen molar-refractivity contribution in [2.24, 2.45) is 0 Å². The molecule has 0 amide bonds. The molecule has 0 saturated heterocycles. The van der Waals surface area contributed by atoms with E-state index >= 15 is 0 Å². The predicted octanol–water partition coefficient (Wildman–Crippen LogP) is 2.98. The molecule has 0 aliphatic carbocycles. The second kappa shape index (κ2) is 6.17. The largest absolute Gasteiger partial charge is 0.376 e. The van der Waals surface area contributed by atoms with Gasteiger partial charge in [0.15, 0.2) is 5.82 Å². The van der Waals surface area contributed by atoms with Crippen molar-refractivity contribution in [1.82, 2.24) is 15.1 Å². The van der Waals surface area contributed by atoms with Crippen molar-refractivity contribution in [3.8, 4) is 0 Å². The molecule has 1 aromatic carbocycles. The Morgan fingerprint density at radius 3 is 2.76 bits per heavy atom. The number of benzene rings is 1. The molecule has 0 bridgehead atoms. The van der Waals surface area contributed by atoms with E-state index in [4.69, 9.17) is 4.52 Å². The van der Waals surface area contributed by atoms with E-state index in [0.717, 1.165) is 11.3 Å². The van der Waals surface area contributed by atoms with Gasteiger partial charge in [0.1, 0.15) is 0 Å². The molecule has 106 valence electrons. The fourth-order valence-electron chi connectivity index (χ4n) is 1.97. The maximum absolute atomic E-state index is 5.24. The normalized spacial score (nSPS) is 10.5. The Kier molecular flexibility index (Phi) is 3.91. The highest BCUT2D eigenvalue weighted by Gasteiger charge is 2.07. The summed E-state index contributed by atoms with van der Waals surface area (Å²) in [7, 11) is 0. The molecule has 0 atom stereocenters. The molecule has 0 aliphatic heterocycles. The third-order valence-electron chi connectivity index (χ3n) is 3.09. The fraction of sp³-hybridized carbons (Fsp3) is 0.188. The van der Waals surface area contributed by atoms with Crippen LogP contribution in [-0.2, 0) is 13.0 Å². The lowest BCUT2D eigenvalue weighted by Gasteiger charge is -2.02. The number of aromatic nitrogens is 3. The fourth-order valence-corrected chi connectivity index (χ4v) is 1.97. The maximum atomic E-state index is 5.24. The van der Waals surface area contributed by atoms with Crippen molar-refractivity contribution < 1.29 is 4.52 Å². The highest BCUT2D eigenvalue weighted by molar-refractivity contribution is 5.44. The SMILES string of the molecule is Cc1ccc(NCc2nc(Cc3cccnc3)no2)cc1. The second-order valence-electron chi connectivity index (χ2n) is 4.86. The van der Waals surface area contributed by atoms with E-state index in [0.29, 0.717) is 24.7 Å². The molecule has 0 radical (unpaired) electrons. The van der Waals surface area contributed by atoms with Gasteiger partial charge in [0.2, 0.25) is 5.89 Å². The zero-order valence-corrected chi connectivity index (χ0v) is 11.8. The van der Waals surface area contributed by atoms with Crippen molar-refractivity contribution in [3.05, 3.63) is 71.6 Å². The molecule has 0 unspecified atom stereocenters. The average Bonchev–Trinajstić information content (AvgIpc) is 2.95. The maximum Gasteiger partial charge on any atom is 0.245 e. The number of aryl methyl sites for hydroxylation is 1. The molecule has 5 heteroatoms. The Labute approximate surface area is 123 Å². The average molecular weight is 280 g/mol. The van der Waals surface area contributed by atoms with Gasteiger partial charge in [-0.05, 0) is 30.7 Å². The number of rotatable bonds is 5. The van der Waals surface area contributed by atoms with Crippen LogP contribution >= 0.6 is 0 Å². The van der Waals surface area contributed by atoms with Crippen molar-refractivity contribution in [2.75, 3.05) is 5.32 Å². The molecule has 0 aliphatic rings. The van der Waals surface area contributed by atoms with Gasteiger partial charge in [0.05, 0.1) is 6.54 Å². The molecular weight excluding hydrogens is 264 g/mol. The molecule has 5 nitrogen and oxygen atoms in total.